The van der Waals surface area contributed by atoms with Gasteiger partial charge >= 0.3 is 5.97 Å². The molecule has 2 saturated heterocycles. The fourth-order valence-corrected chi connectivity index (χ4v) is 4.87. The molecule has 10 heteroatoms. The number of tetrazole rings is 1. The van der Waals surface area contributed by atoms with Crippen LogP contribution in [0.25, 0.3) is 5.82 Å². The Morgan fingerprint density at radius 1 is 1.13 bits per heavy atom. The summed E-state index contributed by atoms with van der Waals surface area (Å²) in [6.07, 6.45) is 8.84. The lowest BCUT2D eigenvalue weighted by atomic mass is 9.71. The van der Waals surface area contributed by atoms with Gasteiger partial charge in [0, 0.05) is 37.5 Å². The molecule has 2 fully saturated rings. The van der Waals surface area contributed by atoms with Crippen molar-refractivity contribution in [3.63, 3.8) is 0 Å². The maximum atomic E-state index is 11.3. The number of hydrogen-bond acceptors (Lipinski definition) is 9. The first-order valence-corrected chi connectivity index (χ1v) is 10.8. The van der Waals surface area contributed by atoms with E-state index in [4.69, 9.17) is 4.74 Å². The second-order valence-corrected chi connectivity index (χ2v) is 8.75. The fourth-order valence-electron chi connectivity index (χ4n) is 4.87. The summed E-state index contributed by atoms with van der Waals surface area (Å²) in [4.78, 5) is 20.3. The molecule has 0 radical (unpaired) electrons. The van der Waals surface area contributed by atoms with Crippen LogP contribution < -0.4 is 0 Å². The number of carbonyl (C=O) groups is 1. The average Bonchev–Trinajstić information content (AvgIpc) is 3.48. The van der Waals surface area contributed by atoms with Crippen molar-refractivity contribution in [2.75, 3.05) is 39.3 Å². The smallest absolute Gasteiger partial charge is 0.333 e. The standard InChI is InChI=1S/C21H27N7O3/c29-18(16-1-2-19(22-12-16)28-15-23-24-25-28)13-26-7-3-21(4-8-26)5-9-27(10-6-21)17-11-20(30)31-14-17/h1-2,11-12,15,18,29H,3-10,13-14H2/t18-/m1/s1. The molecule has 0 saturated carbocycles. The Hall–Kier alpha value is -2.85. The molecule has 0 unspecified atom stereocenters. The number of aromatic nitrogens is 5. The lowest BCUT2D eigenvalue weighted by Gasteiger charge is -2.47. The summed E-state index contributed by atoms with van der Waals surface area (Å²) in [5.41, 5.74) is 2.21. The molecule has 2 aromatic rings. The van der Waals surface area contributed by atoms with Crippen molar-refractivity contribution in [2.24, 2.45) is 5.41 Å². The van der Waals surface area contributed by atoms with Gasteiger partial charge in [-0.1, -0.05) is 6.07 Å². The number of β-amino-alcohol motifs (C(OH)–C–C–N with tert-alkyl or cyclic N) is 1. The van der Waals surface area contributed by atoms with Crippen LogP contribution >= 0.6 is 0 Å². The van der Waals surface area contributed by atoms with Crippen molar-refractivity contribution in [2.45, 2.75) is 31.8 Å². The Balaban J connectivity index is 1.11. The van der Waals surface area contributed by atoms with E-state index in [0.717, 1.165) is 63.1 Å². The topological polar surface area (TPSA) is 110 Å². The zero-order valence-corrected chi connectivity index (χ0v) is 17.4. The second-order valence-electron chi connectivity index (χ2n) is 8.75. The van der Waals surface area contributed by atoms with Crippen LogP contribution in [0, 0.1) is 5.41 Å². The van der Waals surface area contributed by atoms with Crippen LogP contribution in [0.5, 0.6) is 0 Å². The van der Waals surface area contributed by atoms with Crippen molar-refractivity contribution < 1.29 is 14.6 Å². The third-order valence-electron chi connectivity index (χ3n) is 6.96. The monoisotopic (exact) mass is 425 g/mol. The number of ether oxygens (including phenoxy) is 1. The Morgan fingerprint density at radius 2 is 1.90 bits per heavy atom. The van der Waals surface area contributed by atoms with Gasteiger partial charge in [-0.25, -0.2) is 9.78 Å². The summed E-state index contributed by atoms with van der Waals surface area (Å²) in [7, 11) is 0. The van der Waals surface area contributed by atoms with Crippen LogP contribution in [-0.4, -0.2) is 85.4 Å². The number of esters is 1. The zero-order valence-electron chi connectivity index (χ0n) is 17.4. The van der Waals surface area contributed by atoms with Crippen molar-refractivity contribution in [1.82, 2.24) is 35.0 Å². The summed E-state index contributed by atoms with van der Waals surface area (Å²) in [5.74, 6) is 0.402. The first kappa shape index (κ1) is 20.1. The van der Waals surface area contributed by atoms with Crippen LogP contribution in [-0.2, 0) is 9.53 Å². The molecule has 1 atom stereocenters. The van der Waals surface area contributed by atoms with Crippen LogP contribution in [0.3, 0.4) is 0 Å². The molecule has 0 bridgehead atoms. The van der Waals surface area contributed by atoms with E-state index in [1.165, 1.54) is 11.0 Å². The van der Waals surface area contributed by atoms with E-state index in [0.29, 0.717) is 24.4 Å². The van der Waals surface area contributed by atoms with Crippen molar-refractivity contribution in [1.29, 1.82) is 0 Å². The summed E-state index contributed by atoms with van der Waals surface area (Å²) in [5, 5.41) is 21.7. The third-order valence-corrected chi connectivity index (χ3v) is 6.96. The lowest BCUT2D eigenvalue weighted by Crippen LogP contribution is -2.47. The van der Waals surface area contributed by atoms with E-state index in [1.54, 1.807) is 12.3 Å². The first-order valence-electron chi connectivity index (χ1n) is 10.8. The number of pyridine rings is 1. The summed E-state index contributed by atoms with van der Waals surface area (Å²) in [6, 6.07) is 3.69. The Kier molecular flexibility index (Phi) is 5.41. The minimum atomic E-state index is -0.571. The minimum Gasteiger partial charge on any atom is -0.456 e. The predicted octanol–water partition coefficient (Wildman–Crippen LogP) is 0.709. The molecule has 10 nitrogen and oxygen atoms in total. The van der Waals surface area contributed by atoms with E-state index in [9.17, 15) is 9.90 Å². The molecule has 1 N–H and O–H groups in total. The maximum absolute atomic E-state index is 11.3. The molecular formula is C21H27N7O3. The number of likely N-dealkylation sites (tertiary alicyclic amines) is 2. The number of rotatable bonds is 5. The van der Waals surface area contributed by atoms with Crippen molar-refractivity contribution in [3.8, 4) is 5.82 Å². The molecule has 3 aliphatic heterocycles. The van der Waals surface area contributed by atoms with Gasteiger partial charge in [0.05, 0.1) is 11.8 Å². The highest BCUT2D eigenvalue weighted by Gasteiger charge is 2.38. The Bertz CT molecular complexity index is 926. The number of aliphatic hydroxyl groups is 1. The molecule has 3 aliphatic rings. The summed E-state index contributed by atoms with van der Waals surface area (Å²) in [6.45, 7) is 5.01. The molecule has 5 rings (SSSR count). The highest BCUT2D eigenvalue weighted by Crippen LogP contribution is 2.42. The molecule has 0 aromatic carbocycles. The SMILES string of the molecule is O=C1C=C(N2CCC3(CCN(C[C@@H](O)c4ccc(-n5cnnn5)nc4)CC3)CC2)CO1. The predicted molar refractivity (Wildman–Crippen MR) is 110 cm³/mol. The number of carbonyl (C=O) groups excluding carboxylic acids is 1. The van der Waals surface area contributed by atoms with E-state index >= 15 is 0 Å². The van der Waals surface area contributed by atoms with Crippen molar-refractivity contribution in [3.05, 3.63) is 42.0 Å². The molecule has 5 heterocycles. The number of hydrogen-bond donors (Lipinski definition) is 1. The quantitative estimate of drug-likeness (QED) is 0.693. The Morgan fingerprint density at radius 3 is 2.52 bits per heavy atom. The maximum Gasteiger partial charge on any atom is 0.333 e. The van der Waals surface area contributed by atoms with E-state index in [-0.39, 0.29) is 5.97 Å². The van der Waals surface area contributed by atoms with E-state index in [1.807, 2.05) is 12.1 Å². The second kappa shape index (κ2) is 8.35. The number of cyclic esters (lactones) is 1. The van der Waals surface area contributed by atoms with Gasteiger partial charge in [-0.15, -0.1) is 5.10 Å². The van der Waals surface area contributed by atoms with Gasteiger partial charge in [0.2, 0.25) is 0 Å². The molecule has 164 valence electrons. The zero-order chi connectivity index (χ0) is 21.3. The number of piperidine rings is 2. The lowest BCUT2D eigenvalue weighted by molar-refractivity contribution is -0.135. The molecule has 0 aliphatic carbocycles. The van der Waals surface area contributed by atoms with Gasteiger partial charge < -0.3 is 19.6 Å². The highest BCUT2D eigenvalue weighted by molar-refractivity contribution is 5.85. The fraction of sp³-hybridized carbons (Fsp3) is 0.571. The largest absolute Gasteiger partial charge is 0.456 e. The first-order chi connectivity index (χ1) is 15.1. The number of aliphatic hydroxyl groups excluding tert-OH is 1. The van der Waals surface area contributed by atoms with Gasteiger partial charge in [0.25, 0.3) is 0 Å². The normalized spacial score (nSPS) is 22.4. The van der Waals surface area contributed by atoms with Gasteiger partial charge in [-0.05, 0) is 60.7 Å². The molecule has 1 spiro atoms. The molecule has 0 amide bonds. The summed E-state index contributed by atoms with van der Waals surface area (Å²) >= 11 is 0. The van der Waals surface area contributed by atoms with E-state index in [2.05, 4.69) is 30.3 Å². The van der Waals surface area contributed by atoms with Crippen LogP contribution in [0.1, 0.15) is 37.4 Å². The van der Waals surface area contributed by atoms with Gasteiger partial charge in [-0.2, -0.15) is 4.68 Å². The Labute approximate surface area is 180 Å². The van der Waals surface area contributed by atoms with Crippen LogP contribution in [0.2, 0.25) is 0 Å². The van der Waals surface area contributed by atoms with Gasteiger partial charge in [0.1, 0.15) is 12.9 Å². The third kappa shape index (κ3) is 4.31. The van der Waals surface area contributed by atoms with Gasteiger partial charge in [0.15, 0.2) is 5.82 Å². The molecular weight excluding hydrogens is 398 g/mol. The van der Waals surface area contributed by atoms with Crippen LogP contribution in [0.15, 0.2) is 36.4 Å². The highest BCUT2D eigenvalue weighted by atomic mass is 16.5. The van der Waals surface area contributed by atoms with Gasteiger partial charge in [-0.3, -0.25) is 0 Å². The minimum absolute atomic E-state index is 0.220. The molecule has 2 aromatic heterocycles. The van der Waals surface area contributed by atoms with Crippen molar-refractivity contribution >= 4 is 5.97 Å². The number of nitrogens with zero attached hydrogens (tertiary/aromatic N) is 7. The summed E-state index contributed by atoms with van der Waals surface area (Å²) < 4.78 is 6.54. The molecule has 31 heavy (non-hydrogen) atoms. The average molecular weight is 425 g/mol. The van der Waals surface area contributed by atoms with Crippen LogP contribution in [0.4, 0.5) is 0 Å². The van der Waals surface area contributed by atoms with E-state index < -0.39 is 6.10 Å².